The summed E-state index contributed by atoms with van der Waals surface area (Å²) in [5, 5.41) is 7.56. The molecular weight excluding hydrogens is 594 g/mol. The van der Waals surface area contributed by atoms with Crippen LogP contribution in [0.3, 0.4) is 0 Å². The maximum atomic E-state index is 14.7. The van der Waals surface area contributed by atoms with Crippen LogP contribution in [0.2, 0.25) is 0 Å². The number of nitrogens with zero attached hydrogens (tertiary/aromatic N) is 3. The molecule has 2 atom stereocenters. The third-order valence-electron chi connectivity index (χ3n) is 8.56. The summed E-state index contributed by atoms with van der Waals surface area (Å²) in [7, 11) is 1.43. The fraction of sp³-hybridized carbons (Fsp3) is 0.375. The maximum absolute atomic E-state index is 14.7. The number of nitrogens with one attached hydrogen (secondary N) is 1. The molecule has 1 saturated carbocycles. The second kappa shape index (κ2) is 10.7. The number of amides is 2. The predicted octanol–water partition coefficient (Wildman–Crippen LogP) is 5.41. The fourth-order valence-corrected chi connectivity index (χ4v) is 5.68. The molecule has 2 aliphatic rings. The zero-order valence-corrected chi connectivity index (χ0v) is 25.0. The summed E-state index contributed by atoms with van der Waals surface area (Å²) in [4.78, 5) is 30.1. The summed E-state index contributed by atoms with van der Waals surface area (Å²) < 4.78 is 71.6. The number of ether oxygens (including phenoxy) is 2. The number of alkyl halides is 3. The van der Waals surface area contributed by atoms with Crippen molar-refractivity contribution in [2.75, 3.05) is 20.3 Å². The van der Waals surface area contributed by atoms with Crippen LogP contribution in [0.5, 0.6) is 11.5 Å². The first kappa shape index (κ1) is 30.4. The minimum absolute atomic E-state index is 0.0158. The van der Waals surface area contributed by atoms with E-state index in [1.807, 2.05) is 0 Å². The first-order valence-electron chi connectivity index (χ1n) is 14.4. The number of carbonyl (C=O) groups is 2. The highest BCUT2D eigenvalue weighted by Crippen LogP contribution is 2.47. The molecule has 1 aliphatic heterocycles. The van der Waals surface area contributed by atoms with Crippen molar-refractivity contribution in [3.05, 3.63) is 70.3 Å². The Morgan fingerprint density at radius 1 is 1.18 bits per heavy atom. The van der Waals surface area contributed by atoms with Gasteiger partial charge in [0.15, 0.2) is 0 Å². The molecule has 1 fully saturated rings. The largest absolute Gasteiger partial charge is 0.494 e. The van der Waals surface area contributed by atoms with Gasteiger partial charge in [0.1, 0.15) is 46.5 Å². The fourth-order valence-electron chi connectivity index (χ4n) is 5.68. The molecule has 3 heterocycles. The monoisotopic (exact) mass is 625 g/mol. The average Bonchev–Trinajstić information content (AvgIpc) is 3.65. The second-order valence-corrected chi connectivity index (χ2v) is 11.9. The molecular formula is C32H31F4N5O4. The number of aromatic nitrogens is 3. The van der Waals surface area contributed by atoms with Gasteiger partial charge in [0.2, 0.25) is 5.91 Å². The third-order valence-corrected chi connectivity index (χ3v) is 8.56. The Labute approximate surface area is 255 Å². The molecule has 2 amide bonds. The number of fused-ring (bicyclic) bond motifs is 2. The van der Waals surface area contributed by atoms with Gasteiger partial charge in [0.05, 0.1) is 18.8 Å². The summed E-state index contributed by atoms with van der Waals surface area (Å²) in [6, 6.07) is 7.34. The van der Waals surface area contributed by atoms with Gasteiger partial charge < -0.3 is 20.5 Å². The smallest absolute Gasteiger partial charge is 0.398 e. The second-order valence-electron chi connectivity index (χ2n) is 11.9. The molecule has 45 heavy (non-hydrogen) atoms. The highest BCUT2D eigenvalue weighted by molar-refractivity contribution is 6.00. The molecule has 2 aromatic heterocycles. The molecule has 13 heteroatoms. The Morgan fingerprint density at radius 2 is 1.87 bits per heavy atom. The molecule has 0 saturated heterocycles. The standard InChI is InChI=1S/C32H31F4N5O4/c1-15-7-17(8-16(2)25(15)33)27-28-21(31(3,14-45-28)30(37)43)11-23(39-27)22(32(34,35)36)12-38-29(42)18-9-19-13-41(20-5-6-20)40-26(19)24(10-18)44-4/h7-11,13,20,22H,5-6,12,14H2,1-4H3,(H2,37,43)(H,38,42)/t22-,31+/m1/s1. The van der Waals surface area contributed by atoms with Gasteiger partial charge in [-0.2, -0.15) is 18.3 Å². The number of hydrogen-bond donors (Lipinski definition) is 2. The van der Waals surface area contributed by atoms with Crippen LogP contribution in [-0.4, -0.2) is 53.0 Å². The first-order valence-corrected chi connectivity index (χ1v) is 14.4. The van der Waals surface area contributed by atoms with Crippen molar-refractivity contribution in [2.45, 2.75) is 57.2 Å². The topological polar surface area (TPSA) is 121 Å². The van der Waals surface area contributed by atoms with Gasteiger partial charge in [0.25, 0.3) is 5.91 Å². The van der Waals surface area contributed by atoms with Crippen molar-refractivity contribution < 1.29 is 36.6 Å². The van der Waals surface area contributed by atoms with Crippen molar-refractivity contribution in [3.8, 4) is 22.8 Å². The van der Waals surface area contributed by atoms with E-state index >= 15 is 0 Å². The average molecular weight is 626 g/mol. The van der Waals surface area contributed by atoms with Gasteiger partial charge in [-0.05, 0) is 75.1 Å². The van der Waals surface area contributed by atoms with Crippen LogP contribution < -0.4 is 20.5 Å². The Kier molecular flexibility index (Phi) is 7.24. The predicted molar refractivity (Wildman–Crippen MR) is 157 cm³/mol. The molecule has 6 rings (SSSR count). The molecule has 0 radical (unpaired) electrons. The first-order chi connectivity index (χ1) is 21.2. The lowest BCUT2D eigenvalue weighted by Crippen LogP contribution is -2.40. The number of methoxy groups -OCH3 is 1. The van der Waals surface area contributed by atoms with Crippen LogP contribution in [-0.2, 0) is 10.2 Å². The Morgan fingerprint density at radius 3 is 2.47 bits per heavy atom. The quantitative estimate of drug-likeness (QED) is 0.253. The number of carbonyl (C=O) groups excluding carboxylic acids is 2. The van der Waals surface area contributed by atoms with Crippen LogP contribution in [0.4, 0.5) is 17.6 Å². The molecule has 0 bridgehead atoms. The number of benzene rings is 2. The van der Waals surface area contributed by atoms with Crippen molar-refractivity contribution >= 4 is 22.7 Å². The van der Waals surface area contributed by atoms with Crippen molar-refractivity contribution in [1.29, 1.82) is 0 Å². The van der Waals surface area contributed by atoms with E-state index < -0.39 is 47.4 Å². The zero-order valence-electron chi connectivity index (χ0n) is 25.0. The van der Waals surface area contributed by atoms with Crippen molar-refractivity contribution in [1.82, 2.24) is 20.1 Å². The van der Waals surface area contributed by atoms with Gasteiger partial charge in [-0.25, -0.2) is 9.37 Å². The number of pyridine rings is 1. The van der Waals surface area contributed by atoms with Crippen LogP contribution in [0.25, 0.3) is 22.2 Å². The van der Waals surface area contributed by atoms with E-state index in [0.29, 0.717) is 22.2 Å². The Bertz CT molecular complexity index is 1840. The Hall–Kier alpha value is -4.68. The number of halogens is 4. The number of primary amides is 1. The number of aryl methyl sites for hydroxylation is 2. The number of nitrogens with two attached hydrogens (primary N) is 1. The SMILES string of the molecule is COc1cc(C(=O)NC[C@H](c2cc3c(c(-c4cc(C)c(F)c(C)c4)n2)OC[C@]3(C)C(N)=O)C(F)(F)F)cc2cn(C3CC3)nc12. The van der Waals surface area contributed by atoms with Gasteiger partial charge >= 0.3 is 6.18 Å². The van der Waals surface area contributed by atoms with E-state index in [1.54, 1.807) is 16.9 Å². The molecule has 2 aromatic carbocycles. The molecule has 236 valence electrons. The van der Waals surface area contributed by atoms with Crippen molar-refractivity contribution in [3.63, 3.8) is 0 Å². The molecule has 0 spiro atoms. The minimum Gasteiger partial charge on any atom is -0.494 e. The zero-order chi connectivity index (χ0) is 32.4. The molecule has 9 nitrogen and oxygen atoms in total. The van der Waals surface area contributed by atoms with E-state index in [1.165, 1.54) is 46.1 Å². The van der Waals surface area contributed by atoms with E-state index in [4.69, 9.17) is 15.2 Å². The van der Waals surface area contributed by atoms with Crippen LogP contribution in [0.15, 0.2) is 36.5 Å². The van der Waals surface area contributed by atoms with Crippen LogP contribution >= 0.6 is 0 Å². The summed E-state index contributed by atoms with van der Waals surface area (Å²) in [5.41, 5.74) is 5.43. The Balaban J connectivity index is 1.39. The summed E-state index contributed by atoms with van der Waals surface area (Å²) >= 11 is 0. The maximum Gasteiger partial charge on any atom is 0.398 e. The lowest BCUT2D eigenvalue weighted by Gasteiger charge is -2.24. The highest BCUT2D eigenvalue weighted by Gasteiger charge is 2.47. The van der Waals surface area contributed by atoms with Gasteiger partial charge in [-0.1, -0.05) is 0 Å². The lowest BCUT2D eigenvalue weighted by atomic mass is 9.82. The lowest BCUT2D eigenvalue weighted by molar-refractivity contribution is -0.149. The van der Waals surface area contributed by atoms with E-state index in [-0.39, 0.29) is 46.3 Å². The highest BCUT2D eigenvalue weighted by atomic mass is 19.4. The minimum atomic E-state index is -4.85. The van der Waals surface area contributed by atoms with Gasteiger partial charge in [-0.15, -0.1) is 0 Å². The van der Waals surface area contributed by atoms with E-state index in [0.717, 1.165) is 18.9 Å². The van der Waals surface area contributed by atoms with E-state index in [9.17, 15) is 27.2 Å². The van der Waals surface area contributed by atoms with Gasteiger partial charge in [-0.3, -0.25) is 14.3 Å². The summed E-state index contributed by atoms with van der Waals surface area (Å²) in [6.07, 6.45) is -1.08. The van der Waals surface area contributed by atoms with E-state index in [2.05, 4.69) is 15.4 Å². The molecule has 1 aliphatic carbocycles. The van der Waals surface area contributed by atoms with Gasteiger partial charge in [0, 0.05) is 34.8 Å². The number of rotatable bonds is 8. The van der Waals surface area contributed by atoms with Crippen LogP contribution in [0, 0.1) is 19.7 Å². The molecule has 0 unspecified atom stereocenters. The third kappa shape index (κ3) is 5.33. The normalized spacial score (nSPS) is 18.4. The number of hydrogen-bond acceptors (Lipinski definition) is 6. The molecule has 4 aromatic rings. The molecule has 3 N–H and O–H groups in total. The van der Waals surface area contributed by atoms with Crippen LogP contribution in [0.1, 0.15) is 64.5 Å². The summed E-state index contributed by atoms with van der Waals surface area (Å²) in [6.45, 7) is 3.48. The summed E-state index contributed by atoms with van der Waals surface area (Å²) in [5.74, 6) is -3.84. The van der Waals surface area contributed by atoms with Crippen molar-refractivity contribution in [2.24, 2.45) is 5.73 Å².